The third-order valence-corrected chi connectivity index (χ3v) is 11.2. The monoisotopic (exact) mass is 524 g/mol. The van der Waals surface area contributed by atoms with E-state index in [2.05, 4.69) is 60.7 Å². The molecule has 2 aromatic carbocycles. The van der Waals surface area contributed by atoms with Gasteiger partial charge in [0.2, 0.25) is 0 Å². The Morgan fingerprint density at radius 2 is 1.52 bits per heavy atom. The van der Waals surface area contributed by atoms with Crippen molar-refractivity contribution in [2.45, 2.75) is 67.0 Å². The normalized spacial score (nSPS) is 29.8. The van der Waals surface area contributed by atoms with E-state index >= 15 is 0 Å². The Morgan fingerprint density at radius 1 is 0.897 bits per heavy atom. The van der Waals surface area contributed by atoms with Crippen LogP contribution < -0.4 is 8.92 Å². The summed E-state index contributed by atoms with van der Waals surface area (Å²) in [5.41, 5.74) is 0.0458. The van der Waals surface area contributed by atoms with Gasteiger partial charge in [0, 0.05) is 0 Å². The second-order valence-corrected chi connectivity index (χ2v) is 12.9. The number of fused-ring (bicyclic) bond motifs is 1. The summed E-state index contributed by atoms with van der Waals surface area (Å²) in [6, 6.07) is 21.9. The van der Waals surface area contributed by atoms with Crippen LogP contribution in [-0.4, -0.2) is 54.8 Å². The predicted octanol–water partition coefficient (Wildman–Crippen LogP) is 4.01. The van der Waals surface area contributed by atoms with Gasteiger partial charge in [-0.2, -0.15) is 0 Å². The molecule has 0 amide bonds. The molecule has 2 aromatic rings. The van der Waals surface area contributed by atoms with Gasteiger partial charge in [0.1, 0.15) is 0 Å². The van der Waals surface area contributed by atoms with Crippen LogP contribution in [0.5, 0.6) is 0 Å². The van der Waals surface area contributed by atoms with Crippen LogP contribution in [0.15, 0.2) is 60.7 Å². The zero-order chi connectivity index (χ0) is 19.9. The molecule has 2 aliphatic rings. The van der Waals surface area contributed by atoms with E-state index in [0.29, 0.717) is 48.0 Å². The summed E-state index contributed by atoms with van der Waals surface area (Å²) in [6.45, 7) is 0. The predicted molar refractivity (Wildman–Crippen MR) is 123 cm³/mol. The molecule has 4 heteroatoms. The summed E-state index contributed by atoms with van der Waals surface area (Å²) in [6.07, 6.45) is 8.15. The molecule has 4 atom stereocenters. The van der Waals surface area contributed by atoms with Crippen LogP contribution in [0.1, 0.15) is 38.5 Å². The third kappa shape index (κ3) is 5.76. The van der Waals surface area contributed by atoms with Crippen molar-refractivity contribution in [3.05, 3.63) is 60.7 Å². The second-order valence-electron chi connectivity index (χ2n) is 8.28. The minimum absolute atomic E-state index is 0.0458. The fraction of sp³-hybridized carbons (Fsp3) is 0.520. The van der Waals surface area contributed by atoms with Gasteiger partial charge in [-0.15, -0.1) is 0 Å². The molecule has 1 aliphatic carbocycles. The van der Waals surface area contributed by atoms with Gasteiger partial charge in [0.05, 0.1) is 0 Å². The first-order valence-electron chi connectivity index (χ1n) is 10.8. The molecule has 0 aromatic heterocycles. The van der Waals surface area contributed by atoms with Gasteiger partial charge in [-0.3, -0.25) is 0 Å². The molecule has 0 N–H and O–H groups in total. The van der Waals surface area contributed by atoms with Crippen LogP contribution >= 0.6 is 0 Å². The zero-order valence-electron chi connectivity index (χ0n) is 17.3. The van der Waals surface area contributed by atoms with Crippen molar-refractivity contribution in [1.82, 2.24) is 0 Å². The first-order valence-corrected chi connectivity index (χ1v) is 15.0. The zero-order valence-corrected chi connectivity index (χ0v) is 20.7. The number of hydrogen-bond acceptors (Lipinski definition) is 2. The molecule has 1 heterocycles. The standard InChI is InChI=1S/C25H32O2Se2/c1-26-25-15-9-8-10-20(25)16-21(18-28-23-11-4-2-5-12-23)27-22(17-25)19-29-24-13-6-3-7-14-24/h2-7,11-14,20-22H,8-10,15-19H2,1H3/t20?,21-,22-,25?/m0/s1. The van der Waals surface area contributed by atoms with Crippen LogP contribution in [0.3, 0.4) is 0 Å². The molecular weight excluding hydrogens is 490 g/mol. The first kappa shape index (κ1) is 21.6. The second kappa shape index (κ2) is 10.6. The van der Waals surface area contributed by atoms with E-state index in [1.54, 1.807) is 0 Å². The van der Waals surface area contributed by atoms with E-state index in [0.717, 1.165) is 11.7 Å². The van der Waals surface area contributed by atoms with E-state index in [4.69, 9.17) is 9.47 Å². The van der Waals surface area contributed by atoms with Gasteiger partial charge in [-0.1, -0.05) is 0 Å². The summed E-state index contributed by atoms with van der Waals surface area (Å²) < 4.78 is 16.1. The van der Waals surface area contributed by atoms with E-state index < -0.39 is 0 Å². The Kier molecular flexibility index (Phi) is 7.92. The maximum absolute atomic E-state index is 6.82. The number of hydrogen-bond donors (Lipinski definition) is 0. The minimum atomic E-state index is 0.0458. The number of methoxy groups -OCH3 is 1. The summed E-state index contributed by atoms with van der Waals surface area (Å²) in [5, 5.41) is 2.34. The Balaban J connectivity index is 1.46. The van der Waals surface area contributed by atoms with Crippen LogP contribution in [0.25, 0.3) is 0 Å². The van der Waals surface area contributed by atoms with Crippen molar-refractivity contribution in [3.8, 4) is 0 Å². The Hall–Kier alpha value is -0.601. The molecule has 1 saturated carbocycles. The van der Waals surface area contributed by atoms with Gasteiger partial charge in [-0.05, 0) is 0 Å². The number of rotatable bonds is 7. The van der Waals surface area contributed by atoms with Gasteiger partial charge < -0.3 is 0 Å². The quantitative estimate of drug-likeness (QED) is 0.512. The van der Waals surface area contributed by atoms with E-state index in [-0.39, 0.29) is 5.60 Å². The van der Waals surface area contributed by atoms with Crippen molar-refractivity contribution in [1.29, 1.82) is 0 Å². The van der Waals surface area contributed by atoms with Crippen molar-refractivity contribution in [3.63, 3.8) is 0 Å². The van der Waals surface area contributed by atoms with Crippen LogP contribution in [0.2, 0.25) is 10.6 Å². The summed E-state index contributed by atoms with van der Waals surface area (Å²) in [7, 11) is 1.95. The van der Waals surface area contributed by atoms with E-state index in [1.807, 2.05) is 7.11 Å². The van der Waals surface area contributed by atoms with Gasteiger partial charge >= 0.3 is 189 Å². The summed E-state index contributed by atoms with van der Waals surface area (Å²) >= 11 is 0.945. The van der Waals surface area contributed by atoms with Crippen LogP contribution in [-0.2, 0) is 9.47 Å². The van der Waals surface area contributed by atoms with E-state index in [1.165, 1.54) is 46.3 Å². The van der Waals surface area contributed by atoms with Crippen LogP contribution in [0.4, 0.5) is 0 Å². The van der Waals surface area contributed by atoms with Crippen molar-refractivity contribution in [2.24, 2.45) is 5.92 Å². The van der Waals surface area contributed by atoms with Crippen LogP contribution in [0, 0.1) is 5.92 Å². The topological polar surface area (TPSA) is 18.5 Å². The SMILES string of the molecule is COC12CCCCC1C[C@@H](C[Se]c1ccccc1)O[C@H](C[Se]c1ccccc1)C2. The average Bonchev–Trinajstić information content (AvgIpc) is 2.94. The Bertz CT molecular complexity index is 739. The third-order valence-electron chi connectivity index (χ3n) is 6.42. The Morgan fingerprint density at radius 3 is 2.14 bits per heavy atom. The fourth-order valence-electron chi connectivity index (χ4n) is 4.93. The fourth-order valence-corrected chi connectivity index (χ4v) is 8.85. The van der Waals surface area contributed by atoms with Crippen molar-refractivity contribution >= 4 is 38.8 Å². The van der Waals surface area contributed by atoms with E-state index in [9.17, 15) is 0 Å². The molecule has 0 spiro atoms. The molecule has 2 nitrogen and oxygen atoms in total. The molecular formula is C25H32O2Se2. The molecule has 29 heavy (non-hydrogen) atoms. The summed E-state index contributed by atoms with van der Waals surface area (Å²) in [5.74, 6) is 0.659. The average molecular weight is 522 g/mol. The van der Waals surface area contributed by atoms with Crippen molar-refractivity contribution < 1.29 is 9.47 Å². The molecule has 156 valence electrons. The molecule has 4 rings (SSSR count). The molecule has 0 bridgehead atoms. The molecule has 1 aliphatic heterocycles. The molecule has 1 saturated heterocycles. The van der Waals surface area contributed by atoms with Crippen molar-refractivity contribution in [2.75, 3.05) is 7.11 Å². The van der Waals surface area contributed by atoms with Gasteiger partial charge in [0.25, 0.3) is 0 Å². The Labute approximate surface area is 188 Å². The number of benzene rings is 2. The number of ether oxygens (including phenoxy) is 2. The summed E-state index contributed by atoms with van der Waals surface area (Å²) in [4.78, 5) is 0. The molecule has 2 unspecified atom stereocenters. The molecule has 2 fully saturated rings. The van der Waals surface area contributed by atoms with Gasteiger partial charge in [0.15, 0.2) is 0 Å². The first-order chi connectivity index (χ1) is 14.3. The molecule has 0 radical (unpaired) electrons. The van der Waals surface area contributed by atoms with Gasteiger partial charge in [-0.25, -0.2) is 0 Å². The maximum atomic E-state index is 6.82.